The van der Waals surface area contributed by atoms with E-state index in [9.17, 15) is 0 Å². The smallest absolute Gasteiger partial charge is 0.176 e. The zero-order chi connectivity index (χ0) is 21.2. The molecule has 9 nitrogen and oxygen atoms in total. The first-order valence-electron chi connectivity index (χ1n) is 10.6. The molecule has 2 aromatic heterocycles. The molecule has 5 heterocycles. The van der Waals surface area contributed by atoms with Crippen molar-refractivity contribution in [2.45, 2.75) is 18.9 Å². The standard InChI is InChI=1S/C22H27N9/c1-23-17-6-10-30(11-7-17)20-4-3-18(14-26-20)28-21-22-25-8-5-19(31(22)12-9-24-21)16-13-27-29(2)15-16/h3-5,9,12-15,17,23H,6-8,10-11H2,1-2H3,(H,24,28). The number of nitrogens with zero attached hydrogens (tertiary/aromatic N) is 7. The molecular formula is C22H27N9. The number of aromatic nitrogens is 3. The summed E-state index contributed by atoms with van der Waals surface area (Å²) in [7, 11) is 3.96. The predicted octanol–water partition coefficient (Wildman–Crippen LogP) is 2.05. The number of hydrogen-bond acceptors (Lipinski definition) is 8. The Morgan fingerprint density at radius 3 is 2.71 bits per heavy atom. The van der Waals surface area contributed by atoms with E-state index in [4.69, 9.17) is 0 Å². The molecule has 0 bridgehead atoms. The van der Waals surface area contributed by atoms with Crippen molar-refractivity contribution in [2.75, 3.05) is 36.9 Å². The van der Waals surface area contributed by atoms with E-state index >= 15 is 0 Å². The van der Waals surface area contributed by atoms with E-state index in [2.05, 4.69) is 53.8 Å². The third-order valence-electron chi connectivity index (χ3n) is 5.88. The van der Waals surface area contributed by atoms with Gasteiger partial charge in [0.2, 0.25) is 0 Å². The first-order valence-corrected chi connectivity index (χ1v) is 10.6. The molecule has 1 saturated heterocycles. The lowest BCUT2D eigenvalue weighted by molar-refractivity contribution is 0.441. The first kappa shape index (κ1) is 19.5. The van der Waals surface area contributed by atoms with Crippen LogP contribution in [-0.2, 0) is 7.05 Å². The Labute approximate surface area is 181 Å². The summed E-state index contributed by atoms with van der Waals surface area (Å²) in [6.45, 7) is 2.65. The van der Waals surface area contributed by atoms with Crippen LogP contribution in [0.25, 0.3) is 5.70 Å². The van der Waals surface area contributed by atoms with Crippen LogP contribution in [0.3, 0.4) is 0 Å². The lowest BCUT2D eigenvalue weighted by Crippen LogP contribution is -2.41. The molecule has 2 N–H and O–H groups in total. The fourth-order valence-electron chi connectivity index (χ4n) is 4.16. The molecule has 160 valence electrons. The quantitative estimate of drug-likeness (QED) is 0.792. The van der Waals surface area contributed by atoms with Gasteiger partial charge in [-0.2, -0.15) is 5.10 Å². The summed E-state index contributed by atoms with van der Waals surface area (Å²) < 4.78 is 1.80. The fourth-order valence-corrected chi connectivity index (χ4v) is 4.16. The van der Waals surface area contributed by atoms with Gasteiger partial charge < -0.3 is 15.5 Å². The number of aliphatic imine (C=N–C) groups is 2. The predicted molar refractivity (Wildman–Crippen MR) is 124 cm³/mol. The van der Waals surface area contributed by atoms with Crippen LogP contribution in [0.15, 0.2) is 59.2 Å². The number of pyridine rings is 1. The molecule has 3 aliphatic heterocycles. The Kier molecular flexibility index (Phi) is 5.25. The Bertz CT molecular complexity index is 1050. The van der Waals surface area contributed by atoms with Gasteiger partial charge in [0, 0.05) is 50.3 Å². The van der Waals surface area contributed by atoms with Crippen LogP contribution in [0.2, 0.25) is 0 Å². The van der Waals surface area contributed by atoms with Crippen molar-refractivity contribution in [1.82, 2.24) is 25.0 Å². The van der Waals surface area contributed by atoms with Crippen molar-refractivity contribution >= 4 is 28.9 Å². The molecule has 5 rings (SSSR count). The van der Waals surface area contributed by atoms with Gasteiger partial charge in [-0.3, -0.25) is 14.6 Å². The highest BCUT2D eigenvalue weighted by Crippen LogP contribution is 2.26. The molecule has 9 heteroatoms. The topological polar surface area (TPSA) is 86.0 Å². The van der Waals surface area contributed by atoms with Crippen molar-refractivity contribution in [2.24, 2.45) is 17.0 Å². The van der Waals surface area contributed by atoms with E-state index in [1.165, 1.54) is 0 Å². The lowest BCUT2D eigenvalue weighted by atomic mass is 10.1. The van der Waals surface area contributed by atoms with Crippen molar-refractivity contribution < 1.29 is 0 Å². The van der Waals surface area contributed by atoms with E-state index in [1.54, 1.807) is 10.9 Å². The average molecular weight is 418 g/mol. The SMILES string of the molecule is CNC1CCN(c2ccc(NC3=NC=CN4C(c5cnn(C)c5)=CCN=C34)cn2)CC1. The van der Waals surface area contributed by atoms with Crippen molar-refractivity contribution in [3.05, 3.63) is 54.8 Å². The summed E-state index contributed by atoms with van der Waals surface area (Å²) in [6.07, 6.45) is 13.8. The Morgan fingerprint density at radius 1 is 1.13 bits per heavy atom. The highest BCUT2D eigenvalue weighted by atomic mass is 15.3. The van der Waals surface area contributed by atoms with Gasteiger partial charge in [0.05, 0.1) is 30.3 Å². The Balaban J connectivity index is 1.28. The molecule has 0 aromatic carbocycles. The Morgan fingerprint density at radius 2 is 2.00 bits per heavy atom. The summed E-state index contributed by atoms with van der Waals surface area (Å²) in [5.41, 5.74) is 3.00. The second-order valence-electron chi connectivity index (χ2n) is 7.88. The molecule has 0 unspecified atom stereocenters. The maximum Gasteiger partial charge on any atom is 0.176 e. The normalized spacial score (nSPS) is 19.0. The van der Waals surface area contributed by atoms with E-state index in [0.29, 0.717) is 18.4 Å². The van der Waals surface area contributed by atoms with Gasteiger partial charge in [-0.05, 0) is 38.1 Å². The van der Waals surface area contributed by atoms with Crippen LogP contribution in [0.5, 0.6) is 0 Å². The van der Waals surface area contributed by atoms with Gasteiger partial charge in [0.25, 0.3) is 0 Å². The number of hydrogen-bond donors (Lipinski definition) is 2. The largest absolute Gasteiger partial charge is 0.357 e. The third-order valence-corrected chi connectivity index (χ3v) is 5.88. The molecule has 0 amide bonds. The minimum atomic E-state index is 0.602. The van der Waals surface area contributed by atoms with Gasteiger partial charge in [-0.25, -0.2) is 9.98 Å². The molecule has 0 saturated carbocycles. The second-order valence-corrected chi connectivity index (χ2v) is 7.88. The summed E-state index contributed by atoms with van der Waals surface area (Å²) in [5.74, 6) is 2.52. The summed E-state index contributed by atoms with van der Waals surface area (Å²) in [5, 5.41) is 11.1. The number of nitrogens with one attached hydrogen (secondary N) is 2. The maximum absolute atomic E-state index is 4.68. The number of piperidine rings is 1. The van der Waals surface area contributed by atoms with Crippen molar-refractivity contribution in [3.8, 4) is 0 Å². The van der Waals surface area contributed by atoms with Crippen molar-refractivity contribution in [1.29, 1.82) is 0 Å². The van der Waals surface area contributed by atoms with E-state index in [0.717, 1.165) is 54.5 Å². The number of amidine groups is 2. The monoisotopic (exact) mass is 417 g/mol. The molecule has 0 aliphatic carbocycles. The van der Waals surface area contributed by atoms with Gasteiger partial charge in [-0.1, -0.05) is 0 Å². The molecule has 0 atom stereocenters. The zero-order valence-electron chi connectivity index (χ0n) is 17.9. The van der Waals surface area contributed by atoms with E-state index < -0.39 is 0 Å². The van der Waals surface area contributed by atoms with Crippen LogP contribution in [0, 0.1) is 0 Å². The zero-order valence-corrected chi connectivity index (χ0v) is 17.9. The number of rotatable bonds is 4. The van der Waals surface area contributed by atoms with Crippen molar-refractivity contribution in [3.63, 3.8) is 0 Å². The van der Waals surface area contributed by atoms with Gasteiger partial charge >= 0.3 is 0 Å². The van der Waals surface area contributed by atoms with E-state index in [-0.39, 0.29) is 0 Å². The lowest BCUT2D eigenvalue weighted by Gasteiger charge is -2.32. The molecule has 3 aliphatic rings. The highest BCUT2D eigenvalue weighted by molar-refractivity contribution is 6.46. The van der Waals surface area contributed by atoms with Gasteiger partial charge in [0.1, 0.15) is 5.82 Å². The second kappa shape index (κ2) is 8.35. The molecule has 31 heavy (non-hydrogen) atoms. The molecular weight excluding hydrogens is 390 g/mol. The third kappa shape index (κ3) is 3.96. The molecule has 0 radical (unpaired) electrons. The molecule has 0 spiro atoms. The molecule has 1 fully saturated rings. The fraction of sp³-hybridized carbons (Fsp3) is 0.364. The van der Waals surface area contributed by atoms with Crippen LogP contribution in [0.1, 0.15) is 18.4 Å². The first-order chi connectivity index (χ1) is 15.2. The van der Waals surface area contributed by atoms with E-state index in [1.807, 2.05) is 43.8 Å². The van der Waals surface area contributed by atoms with Crippen LogP contribution in [0.4, 0.5) is 11.5 Å². The molecule has 2 aromatic rings. The Hall–Kier alpha value is -3.46. The summed E-state index contributed by atoms with van der Waals surface area (Å²) in [6, 6.07) is 4.74. The van der Waals surface area contributed by atoms with Gasteiger partial charge in [0.15, 0.2) is 11.7 Å². The number of fused-ring (bicyclic) bond motifs is 1. The minimum absolute atomic E-state index is 0.602. The summed E-state index contributed by atoms with van der Waals surface area (Å²) in [4.78, 5) is 18.3. The average Bonchev–Trinajstić information content (AvgIpc) is 3.25. The number of aryl methyl sites for hydroxylation is 1. The number of anilines is 2. The maximum atomic E-state index is 4.68. The van der Waals surface area contributed by atoms with Gasteiger partial charge in [-0.15, -0.1) is 0 Å². The van der Waals surface area contributed by atoms with Crippen LogP contribution < -0.4 is 15.5 Å². The van der Waals surface area contributed by atoms with Crippen LogP contribution >= 0.6 is 0 Å². The highest BCUT2D eigenvalue weighted by Gasteiger charge is 2.26. The minimum Gasteiger partial charge on any atom is -0.357 e. The summed E-state index contributed by atoms with van der Waals surface area (Å²) >= 11 is 0. The van der Waals surface area contributed by atoms with Crippen LogP contribution in [-0.4, -0.2) is 64.1 Å².